The summed E-state index contributed by atoms with van der Waals surface area (Å²) >= 11 is 0. The van der Waals surface area contributed by atoms with E-state index in [0.29, 0.717) is 17.5 Å². The van der Waals surface area contributed by atoms with E-state index in [2.05, 4.69) is 17.2 Å². The zero-order valence-corrected chi connectivity index (χ0v) is 12.1. The lowest BCUT2D eigenvalue weighted by Crippen LogP contribution is -2.15. The average Bonchev–Trinajstić information content (AvgIpc) is 3.04. The van der Waals surface area contributed by atoms with Crippen molar-refractivity contribution in [3.63, 3.8) is 0 Å². The van der Waals surface area contributed by atoms with E-state index in [9.17, 15) is 4.79 Å². The summed E-state index contributed by atoms with van der Waals surface area (Å²) in [6.45, 7) is 4.70. The van der Waals surface area contributed by atoms with Crippen molar-refractivity contribution in [3.8, 4) is 0 Å². The Balaban J connectivity index is 1.96. The molecule has 2 heterocycles. The molecule has 0 fully saturated rings. The molecule has 2 aromatic heterocycles. The van der Waals surface area contributed by atoms with E-state index in [0.717, 1.165) is 24.0 Å². The number of benzene rings is 1. The van der Waals surface area contributed by atoms with E-state index in [-0.39, 0.29) is 5.91 Å². The van der Waals surface area contributed by atoms with Gasteiger partial charge >= 0.3 is 0 Å². The number of carbonyl (C=O) groups is 1. The fourth-order valence-corrected chi connectivity index (χ4v) is 2.34. The van der Waals surface area contributed by atoms with E-state index in [1.165, 1.54) is 0 Å². The van der Waals surface area contributed by atoms with Crippen LogP contribution in [0.5, 0.6) is 0 Å². The third-order valence-electron chi connectivity index (χ3n) is 3.29. The van der Waals surface area contributed by atoms with Gasteiger partial charge in [0.2, 0.25) is 5.95 Å². The summed E-state index contributed by atoms with van der Waals surface area (Å²) in [7, 11) is 0. The largest absolute Gasteiger partial charge is 0.456 e. The maximum absolute atomic E-state index is 12.2. The highest BCUT2D eigenvalue weighted by Gasteiger charge is 2.15. The molecule has 5 heteroatoms. The molecule has 1 N–H and O–H groups in total. The summed E-state index contributed by atoms with van der Waals surface area (Å²) in [5.41, 5.74) is 1.89. The van der Waals surface area contributed by atoms with Gasteiger partial charge in [-0.2, -0.15) is 0 Å². The van der Waals surface area contributed by atoms with Crippen molar-refractivity contribution in [2.24, 2.45) is 0 Å². The maximum Gasteiger partial charge on any atom is 0.293 e. The number of imidazole rings is 1. The van der Waals surface area contributed by atoms with Gasteiger partial charge in [0.05, 0.1) is 11.0 Å². The van der Waals surface area contributed by atoms with Crippen molar-refractivity contribution in [1.82, 2.24) is 9.55 Å². The number of nitrogens with zero attached hydrogens (tertiary/aromatic N) is 2. The molecule has 0 unspecified atom stereocenters. The summed E-state index contributed by atoms with van der Waals surface area (Å²) in [6.07, 6.45) is 0.961. The molecule has 108 valence electrons. The molecule has 5 nitrogen and oxygen atoms in total. The first-order valence-corrected chi connectivity index (χ1v) is 7.02. The van der Waals surface area contributed by atoms with Gasteiger partial charge in [0.25, 0.3) is 5.91 Å². The smallest absolute Gasteiger partial charge is 0.293 e. The van der Waals surface area contributed by atoms with Crippen molar-refractivity contribution in [3.05, 3.63) is 47.9 Å². The van der Waals surface area contributed by atoms with Gasteiger partial charge in [-0.25, -0.2) is 4.98 Å². The maximum atomic E-state index is 12.2. The normalized spacial score (nSPS) is 11.0. The summed E-state index contributed by atoms with van der Waals surface area (Å²) < 4.78 is 7.36. The van der Waals surface area contributed by atoms with Crippen LogP contribution in [-0.4, -0.2) is 15.5 Å². The third kappa shape index (κ3) is 2.54. The number of furan rings is 1. The molecule has 0 bridgehead atoms. The van der Waals surface area contributed by atoms with E-state index < -0.39 is 0 Å². The van der Waals surface area contributed by atoms with Crippen molar-refractivity contribution < 1.29 is 9.21 Å². The number of rotatable bonds is 4. The number of nitrogens with one attached hydrogen (secondary N) is 1. The number of para-hydroxylation sites is 2. The zero-order chi connectivity index (χ0) is 14.8. The fraction of sp³-hybridized carbons (Fsp3) is 0.250. The summed E-state index contributed by atoms with van der Waals surface area (Å²) in [5, 5.41) is 2.83. The Morgan fingerprint density at radius 1 is 1.29 bits per heavy atom. The number of aryl methyl sites for hydroxylation is 2. The third-order valence-corrected chi connectivity index (χ3v) is 3.29. The van der Waals surface area contributed by atoms with Gasteiger partial charge < -0.3 is 8.98 Å². The van der Waals surface area contributed by atoms with Gasteiger partial charge in [-0.15, -0.1) is 0 Å². The number of hydrogen-bond donors (Lipinski definition) is 1. The molecule has 3 rings (SSSR count). The minimum absolute atomic E-state index is 0.282. The second-order valence-electron chi connectivity index (χ2n) is 4.94. The molecule has 21 heavy (non-hydrogen) atoms. The topological polar surface area (TPSA) is 60.1 Å². The van der Waals surface area contributed by atoms with Crippen LogP contribution in [0.3, 0.4) is 0 Å². The van der Waals surface area contributed by atoms with Gasteiger partial charge in [0, 0.05) is 6.54 Å². The molecule has 0 saturated carbocycles. The van der Waals surface area contributed by atoms with Crippen molar-refractivity contribution in [1.29, 1.82) is 0 Å². The van der Waals surface area contributed by atoms with Crippen molar-refractivity contribution in [2.75, 3.05) is 5.32 Å². The van der Waals surface area contributed by atoms with Crippen molar-refractivity contribution >= 4 is 22.9 Å². The Labute approximate surface area is 122 Å². The van der Waals surface area contributed by atoms with E-state index >= 15 is 0 Å². The number of aromatic nitrogens is 2. The van der Waals surface area contributed by atoms with Crippen LogP contribution in [0.2, 0.25) is 0 Å². The van der Waals surface area contributed by atoms with E-state index in [1.807, 2.05) is 35.8 Å². The predicted octanol–water partition coefficient (Wildman–Crippen LogP) is 3.60. The van der Waals surface area contributed by atoms with Crippen LogP contribution < -0.4 is 5.32 Å². The molecule has 3 aromatic rings. The minimum Gasteiger partial charge on any atom is -0.456 e. The van der Waals surface area contributed by atoms with Crippen LogP contribution >= 0.6 is 0 Å². The summed E-state index contributed by atoms with van der Waals surface area (Å²) in [6, 6.07) is 11.3. The lowest BCUT2D eigenvalue weighted by Gasteiger charge is -2.07. The van der Waals surface area contributed by atoms with Crippen LogP contribution in [0.15, 0.2) is 40.8 Å². The summed E-state index contributed by atoms with van der Waals surface area (Å²) in [5.74, 6) is 1.28. The van der Waals surface area contributed by atoms with Crippen LogP contribution in [0.1, 0.15) is 29.7 Å². The van der Waals surface area contributed by atoms with Gasteiger partial charge in [-0.05, 0) is 37.6 Å². The lowest BCUT2D eigenvalue weighted by atomic mass is 10.3. The molecule has 0 spiro atoms. The van der Waals surface area contributed by atoms with Gasteiger partial charge in [0.1, 0.15) is 5.76 Å². The average molecular weight is 283 g/mol. The van der Waals surface area contributed by atoms with Crippen LogP contribution in [0, 0.1) is 6.92 Å². The van der Waals surface area contributed by atoms with Gasteiger partial charge in [-0.1, -0.05) is 19.1 Å². The first-order valence-electron chi connectivity index (χ1n) is 7.02. The number of hydrogen-bond acceptors (Lipinski definition) is 3. The second-order valence-corrected chi connectivity index (χ2v) is 4.94. The first kappa shape index (κ1) is 13.4. The molecule has 0 radical (unpaired) electrons. The van der Waals surface area contributed by atoms with Crippen LogP contribution in [0.4, 0.5) is 5.95 Å². The Bertz CT molecular complexity index is 786. The number of amides is 1. The Hall–Kier alpha value is -2.56. The molecule has 1 aromatic carbocycles. The quantitative estimate of drug-likeness (QED) is 0.795. The molecule has 0 atom stereocenters. The second kappa shape index (κ2) is 5.44. The molecule has 0 aliphatic carbocycles. The van der Waals surface area contributed by atoms with E-state index in [4.69, 9.17) is 4.42 Å². The lowest BCUT2D eigenvalue weighted by molar-refractivity contribution is 0.0994. The minimum atomic E-state index is -0.282. The molecule has 0 aliphatic heterocycles. The molecule has 0 aliphatic rings. The Morgan fingerprint density at radius 3 is 2.81 bits per heavy atom. The van der Waals surface area contributed by atoms with Crippen LogP contribution in [0.25, 0.3) is 11.0 Å². The highest BCUT2D eigenvalue weighted by Crippen LogP contribution is 2.20. The number of fused-ring (bicyclic) bond motifs is 1. The number of anilines is 1. The first-order chi connectivity index (χ1) is 10.2. The van der Waals surface area contributed by atoms with Gasteiger partial charge in [0.15, 0.2) is 5.76 Å². The Kier molecular flexibility index (Phi) is 3.48. The fourth-order valence-electron chi connectivity index (χ4n) is 2.34. The molecule has 0 saturated heterocycles. The molecular formula is C16H17N3O2. The van der Waals surface area contributed by atoms with Crippen molar-refractivity contribution in [2.45, 2.75) is 26.8 Å². The van der Waals surface area contributed by atoms with Gasteiger partial charge in [-0.3, -0.25) is 10.1 Å². The van der Waals surface area contributed by atoms with E-state index in [1.54, 1.807) is 12.1 Å². The highest BCUT2D eigenvalue weighted by molar-refractivity contribution is 6.02. The van der Waals surface area contributed by atoms with Crippen LogP contribution in [-0.2, 0) is 6.54 Å². The molecule has 1 amide bonds. The molecular weight excluding hydrogens is 266 g/mol. The highest BCUT2D eigenvalue weighted by atomic mass is 16.3. The Morgan fingerprint density at radius 2 is 2.10 bits per heavy atom. The summed E-state index contributed by atoms with van der Waals surface area (Å²) in [4.78, 5) is 16.7. The SMILES string of the molecule is CCCn1c(NC(=O)c2ccc(C)o2)nc2ccccc21. The monoisotopic (exact) mass is 283 g/mol. The standard InChI is InChI=1S/C16H17N3O2/c1-3-10-19-13-7-5-4-6-12(13)17-16(19)18-15(20)14-9-8-11(2)21-14/h4-9H,3,10H2,1-2H3,(H,17,18,20). The zero-order valence-electron chi connectivity index (χ0n) is 12.1. The predicted molar refractivity (Wildman–Crippen MR) is 81.4 cm³/mol. The number of carbonyl (C=O) groups excluding carboxylic acids is 1.